The van der Waals surface area contributed by atoms with Gasteiger partial charge in [0.25, 0.3) is 0 Å². The van der Waals surface area contributed by atoms with Crippen molar-refractivity contribution in [3.63, 3.8) is 0 Å². The first kappa shape index (κ1) is 13.4. The molecule has 0 spiro atoms. The summed E-state index contributed by atoms with van der Waals surface area (Å²) in [6.07, 6.45) is 10.0. The number of allylic oxidation sites excluding steroid dienone is 2. The molecule has 1 nitrogen and oxygen atoms in total. The van der Waals surface area contributed by atoms with Crippen LogP contribution in [0.4, 0.5) is 0 Å². The topological polar surface area (TPSA) is 17.1 Å². The van der Waals surface area contributed by atoms with Gasteiger partial charge in [0.1, 0.15) is 6.29 Å². The monoisotopic (exact) mass is 196 g/mol. The molecule has 0 aliphatic rings. The Bertz CT molecular complexity index is 168. The van der Waals surface area contributed by atoms with Gasteiger partial charge in [-0.15, -0.1) is 0 Å². The molecule has 0 fully saturated rings. The van der Waals surface area contributed by atoms with Crippen LogP contribution in [-0.4, -0.2) is 6.29 Å². The normalized spacial score (nSPS) is 12.1. The van der Waals surface area contributed by atoms with Crippen molar-refractivity contribution in [3.8, 4) is 0 Å². The quantitative estimate of drug-likeness (QED) is 0.324. The molecular formula is C13H24O. The van der Waals surface area contributed by atoms with Crippen LogP contribution in [0.1, 0.15) is 59.3 Å². The number of carbonyl (C=O) groups excluding carboxylic acids is 1. The summed E-state index contributed by atoms with van der Waals surface area (Å²) in [6.45, 7) is 6.59. The molecule has 0 aromatic rings. The Morgan fingerprint density at radius 1 is 1.29 bits per heavy atom. The number of aldehydes is 1. The lowest BCUT2D eigenvalue weighted by atomic mass is 10.0. The number of unbranched alkanes of at least 4 members (excludes halogenated alkanes) is 3. The Hall–Kier alpha value is -0.590. The zero-order valence-electron chi connectivity index (χ0n) is 9.88. The number of carbonyl (C=O) groups is 1. The van der Waals surface area contributed by atoms with Crippen LogP contribution in [0.2, 0.25) is 0 Å². The molecule has 0 aliphatic carbocycles. The van der Waals surface area contributed by atoms with Gasteiger partial charge >= 0.3 is 0 Å². The SMILES string of the molecule is CCCCC/C=C(/C=O)CCC(C)C. The highest BCUT2D eigenvalue weighted by Gasteiger charge is 1.98. The molecule has 0 N–H and O–H groups in total. The summed E-state index contributed by atoms with van der Waals surface area (Å²) in [6, 6.07) is 0. The van der Waals surface area contributed by atoms with Gasteiger partial charge in [-0.1, -0.05) is 39.7 Å². The molecule has 82 valence electrons. The summed E-state index contributed by atoms with van der Waals surface area (Å²) < 4.78 is 0. The van der Waals surface area contributed by atoms with Gasteiger partial charge in [-0.2, -0.15) is 0 Å². The van der Waals surface area contributed by atoms with Crippen LogP contribution in [0.15, 0.2) is 11.6 Å². The van der Waals surface area contributed by atoms with Gasteiger partial charge in [0.2, 0.25) is 0 Å². The highest BCUT2D eigenvalue weighted by Crippen LogP contribution is 2.11. The number of hydrogen-bond donors (Lipinski definition) is 0. The van der Waals surface area contributed by atoms with Crippen molar-refractivity contribution in [1.29, 1.82) is 0 Å². The summed E-state index contributed by atoms with van der Waals surface area (Å²) in [5.41, 5.74) is 0.995. The molecule has 0 aromatic carbocycles. The van der Waals surface area contributed by atoms with Crippen LogP contribution in [0.5, 0.6) is 0 Å². The molecular weight excluding hydrogens is 172 g/mol. The molecule has 0 saturated heterocycles. The van der Waals surface area contributed by atoms with Crippen molar-refractivity contribution < 1.29 is 4.79 Å². The molecule has 0 aliphatic heterocycles. The van der Waals surface area contributed by atoms with E-state index in [1.54, 1.807) is 0 Å². The summed E-state index contributed by atoms with van der Waals surface area (Å²) in [7, 11) is 0. The summed E-state index contributed by atoms with van der Waals surface area (Å²) in [4.78, 5) is 10.7. The zero-order valence-corrected chi connectivity index (χ0v) is 9.88. The van der Waals surface area contributed by atoms with Crippen LogP contribution in [-0.2, 0) is 4.79 Å². The average molecular weight is 196 g/mol. The van der Waals surface area contributed by atoms with Crippen LogP contribution in [0, 0.1) is 5.92 Å². The predicted molar refractivity (Wildman–Crippen MR) is 62.4 cm³/mol. The van der Waals surface area contributed by atoms with Gasteiger partial charge < -0.3 is 0 Å². The van der Waals surface area contributed by atoms with Crippen LogP contribution in [0.3, 0.4) is 0 Å². The standard InChI is InChI=1S/C13H24O/c1-4-5-6-7-8-13(11-14)10-9-12(2)3/h8,11-12H,4-7,9-10H2,1-3H3/b13-8+. The van der Waals surface area contributed by atoms with E-state index in [1.807, 2.05) is 0 Å². The van der Waals surface area contributed by atoms with Crippen molar-refractivity contribution in [2.45, 2.75) is 59.3 Å². The molecule has 0 rings (SSSR count). The Labute approximate surface area is 88.6 Å². The smallest absolute Gasteiger partial charge is 0.145 e. The lowest BCUT2D eigenvalue weighted by molar-refractivity contribution is -0.105. The van der Waals surface area contributed by atoms with E-state index in [2.05, 4.69) is 26.8 Å². The van der Waals surface area contributed by atoms with E-state index in [0.29, 0.717) is 5.92 Å². The minimum atomic E-state index is 0.689. The van der Waals surface area contributed by atoms with E-state index < -0.39 is 0 Å². The van der Waals surface area contributed by atoms with E-state index in [-0.39, 0.29) is 0 Å². The maximum Gasteiger partial charge on any atom is 0.145 e. The minimum absolute atomic E-state index is 0.689. The molecule has 0 unspecified atom stereocenters. The van der Waals surface area contributed by atoms with Gasteiger partial charge in [0.05, 0.1) is 0 Å². The molecule has 14 heavy (non-hydrogen) atoms. The highest BCUT2D eigenvalue weighted by molar-refractivity contribution is 5.72. The lowest BCUT2D eigenvalue weighted by Gasteiger charge is -2.03. The van der Waals surface area contributed by atoms with Crippen molar-refractivity contribution in [1.82, 2.24) is 0 Å². The van der Waals surface area contributed by atoms with Gasteiger partial charge in [0, 0.05) is 0 Å². The second-order valence-corrected chi connectivity index (χ2v) is 4.33. The molecule has 0 amide bonds. The van der Waals surface area contributed by atoms with E-state index in [9.17, 15) is 4.79 Å². The molecule has 0 bridgehead atoms. The first-order chi connectivity index (χ1) is 6.70. The van der Waals surface area contributed by atoms with Gasteiger partial charge in [-0.3, -0.25) is 4.79 Å². The third-order valence-corrected chi connectivity index (χ3v) is 2.38. The van der Waals surface area contributed by atoms with Gasteiger partial charge in [-0.25, -0.2) is 0 Å². The lowest BCUT2D eigenvalue weighted by Crippen LogP contribution is -1.91. The van der Waals surface area contributed by atoms with E-state index in [4.69, 9.17) is 0 Å². The maximum absolute atomic E-state index is 10.7. The van der Waals surface area contributed by atoms with Crippen LogP contribution < -0.4 is 0 Å². The van der Waals surface area contributed by atoms with Crippen molar-refractivity contribution in [2.75, 3.05) is 0 Å². The number of rotatable bonds is 8. The van der Waals surface area contributed by atoms with Crippen molar-refractivity contribution in [3.05, 3.63) is 11.6 Å². The van der Waals surface area contributed by atoms with E-state index in [0.717, 1.165) is 31.1 Å². The molecule has 1 heteroatoms. The van der Waals surface area contributed by atoms with Crippen LogP contribution >= 0.6 is 0 Å². The molecule has 0 saturated carbocycles. The first-order valence-corrected chi connectivity index (χ1v) is 5.84. The fourth-order valence-electron chi connectivity index (χ4n) is 1.35. The molecule has 0 aromatic heterocycles. The van der Waals surface area contributed by atoms with Crippen molar-refractivity contribution in [2.24, 2.45) is 5.92 Å². The van der Waals surface area contributed by atoms with E-state index in [1.165, 1.54) is 19.3 Å². The van der Waals surface area contributed by atoms with Crippen molar-refractivity contribution >= 4 is 6.29 Å². The summed E-state index contributed by atoms with van der Waals surface area (Å²) in [5.74, 6) is 0.689. The Balaban J connectivity index is 3.69. The maximum atomic E-state index is 10.7. The first-order valence-electron chi connectivity index (χ1n) is 5.84. The Kier molecular flexibility index (Phi) is 8.61. The summed E-state index contributed by atoms with van der Waals surface area (Å²) >= 11 is 0. The third kappa shape index (κ3) is 8.03. The van der Waals surface area contributed by atoms with Gasteiger partial charge in [-0.05, 0) is 37.2 Å². The molecule has 0 heterocycles. The average Bonchev–Trinajstić information content (AvgIpc) is 2.16. The zero-order chi connectivity index (χ0) is 10.8. The van der Waals surface area contributed by atoms with E-state index >= 15 is 0 Å². The second-order valence-electron chi connectivity index (χ2n) is 4.33. The second kappa shape index (κ2) is 8.98. The van der Waals surface area contributed by atoms with Gasteiger partial charge in [0.15, 0.2) is 0 Å². The largest absolute Gasteiger partial charge is 0.298 e. The fraction of sp³-hybridized carbons (Fsp3) is 0.769. The predicted octanol–water partition coefficient (Wildman–Crippen LogP) is 4.13. The Morgan fingerprint density at radius 2 is 2.00 bits per heavy atom. The fourth-order valence-corrected chi connectivity index (χ4v) is 1.35. The third-order valence-electron chi connectivity index (χ3n) is 2.38. The number of hydrogen-bond acceptors (Lipinski definition) is 1. The summed E-state index contributed by atoms with van der Waals surface area (Å²) in [5, 5.41) is 0. The molecule has 0 atom stereocenters. The highest BCUT2D eigenvalue weighted by atomic mass is 16.1. The Morgan fingerprint density at radius 3 is 2.50 bits per heavy atom. The van der Waals surface area contributed by atoms with Crippen LogP contribution in [0.25, 0.3) is 0 Å². The minimum Gasteiger partial charge on any atom is -0.298 e. The molecule has 0 radical (unpaired) electrons.